The molecule has 0 heterocycles. The number of hydrogen-bond donors (Lipinski definition) is 0. The number of fused-ring (bicyclic) bond motifs is 1. The predicted octanol–water partition coefficient (Wildman–Crippen LogP) is 4.19. The van der Waals surface area contributed by atoms with Crippen LogP contribution in [0.3, 0.4) is 0 Å². The summed E-state index contributed by atoms with van der Waals surface area (Å²) in [5, 5.41) is 2.13. The van der Waals surface area contributed by atoms with Gasteiger partial charge in [0.1, 0.15) is 5.75 Å². The number of carbonyl (C=O) groups excluding carboxylic acids is 1. The van der Waals surface area contributed by atoms with Gasteiger partial charge in [0.25, 0.3) is 5.91 Å². The number of rotatable bonds is 5. The smallest absolute Gasteiger partial charge is 0.260 e. The maximum Gasteiger partial charge on any atom is 0.260 e. The number of likely N-dealkylation sites (N-methyl/N-ethyl adjacent to an activating group) is 1. The molecule has 3 aromatic carbocycles. The topological polar surface area (TPSA) is 29.5 Å². The van der Waals surface area contributed by atoms with Gasteiger partial charge in [-0.15, -0.1) is 0 Å². The average Bonchev–Trinajstić information content (AvgIpc) is 2.61. The van der Waals surface area contributed by atoms with E-state index in [1.54, 1.807) is 11.9 Å². The molecule has 1 amide bonds. The molecule has 0 bridgehead atoms. The van der Waals surface area contributed by atoms with Gasteiger partial charge in [0.15, 0.2) is 6.61 Å². The summed E-state index contributed by atoms with van der Waals surface area (Å²) in [5.41, 5.74) is 2.33. The Labute approximate surface area is 142 Å². The molecule has 0 saturated heterocycles. The Hall–Kier alpha value is -2.81. The number of ether oxygens (including phenoxy) is 1. The van der Waals surface area contributed by atoms with Crippen molar-refractivity contribution in [2.24, 2.45) is 0 Å². The maximum absolute atomic E-state index is 12.3. The lowest BCUT2D eigenvalue weighted by Crippen LogP contribution is -2.30. The molecule has 3 heteroatoms. The number of amides is 1. The molecule has 122 valence electrons. The molecule has 0 atom stereocenters. The summed E-state index contributed by atoms with van der Waals surface area (Å²) in [6.45, 7) is 2.67. The fourth-order valence-corrected chi connectivity index (χ4v) is 2.63. The van der Waals surface area contributed by atoms with Crippen molar-refractivity contribution >= 4 is 16.7 Å². The third-order valence-electron chi connectivity index (χ3n) is 4.07. The molecule has 0 N–H and O–H groups in total. The maximum atomic E-state index is 12.3. The van der Waals surface area contributed by atoms with Crippen LogP contribution >= 0.6 is 0 Å². The quantitative estimate of drug-likeness (QED) is 0.706. The third-order valence-corrected chi connectivity index (χ3v) is 4.07. The van der Waals surface area contributed by atoms with Crippen molar-refractivity contribution in [2.75, 3.05) is 13.7 Å². The second-order valence-corrected chi connectivity index (χ2v) is 6.00. The zero-order valence-electron chi connectivity index (χ0n) is 14.0. The largest absolute Gasteiger partial charge is 0.483 e. The summed E-state index contributed by atoms with van der Waals surface area (Å²) < 4.78 is 5.77. The average molecular weight is 319 g/mol. The zero-order chi connectivity index (χ0) is 16.9. The van der Waals surface area contributed by atoms with Crippen LogP contribution in [0.4, 0.5) is 0 Å². The molecule has 0 saturated carbocycles. The van der Waals surface area contributed by atoms with Crippen molar-refractivity contribution in [1.29, 1.82) is 0 Å². The van der Waals surface area contributed by atoms with Gasteiger partial charge in [0.2, 0.25) is 0 Å². The summed E-state index contributed by atoms with van der Waals surface area (Å²) in [5.74, 6) is 0.702. The summed E-state index contributed by atoms with van der Waals surface area (Å²) in [6, 6.07) is 22.1. The van der Waals surface area contributed by atoms with Gasteiger partial charge >= 0.3 is 0 Å². The SMILES string of the molecule is Cc1ccc(CN(C)C(=O)COc2cccc3ccccc23)cc1. The molecule has 0 aliphatic rings. The highest BCUT2D eigenvalue weighted by molar-refractivity contribution is 5.88. The number of hydrogen-bond acceptors (Lipinski definition) is 2. The second kappa shape index (κ2) is 7.18. The minimum Gasteiger partial charge on any atom is -0.483 e. The van der Waals surface area contributed by atoms with Crippen LogP contribution in [-0.4, -0.2) is 24.5 Å². The first-order valence-corrected chi connectivity index (χ1v) is 8.03. The Morgan fingerprint density at radius 3 is 2.46 bits per heavy atom. The number of benzene rings is 3. The fourth-order valence-electron chi connectivity index (χ4n) is 2.63. The van der Waals surface area contributed by atoms with Gasteiger partial charge in [-0.25, -0.2) is 0 Å². The van der Waals surface area contributed by atoms with Crippen LogP contribution in [0, 0.1) is 6.92 Å². The molecule has 3 aromatic rings. The van der Waals surface area contributed by atoms with E-state index in [9.17, 15) is 4.79 Å². The first-order valence-electron chi connectivity index (χ1n) is 8.03. The molecular formula is C21H21NO2. The summed E-state index contributed by atoms with van der Waals surface area (Å²) in [6.07, 6.45) is 0. The van der Waals surface area contributed by atoms with Gasteiger partial charge in [0, 0.05) is 19.0 Å². The predicted molar refractivity (Wildman–Crippen MR) is 97.1 cm³/mol. The van der Waals surface area contributed by atoms with Gasteiger partial charge in [-0.3, -0.25) is 4.79 Å². The molecule has 24 heavy (non-hydrogen) atoms. The molecule has 3 nitrogen and oxygen atoms in total. The number of carbonyl (C=O) groups is 1. The first-order chi connectivity index (χ1) is 11.6. The lowest BCUT2D eigenvalue weighted by Gasteiger charge is -2.18. The fraction of sp³-hybridized carbons (Fsp3) is 0.190. The molecule has 0 radical (unpaired) electrons. The van der Waals surface area contributed by atoms with Crippen LogP contribution in [0.25, 0.3) is 10.8 Å². The Morgan fingerprint density at radius 1 is 0.958 bits per heavy atom. The van der Waals surface area contributed by atoms with Crippen molar-refractivity contribution in [3.63, 3.8) is 0 Å². The highest BCUT2D eigenvalue weighted by Gasteiger charge is 2.11. The number of nitrogens with zero attached hydrogens (tertiary/aromatic N) is 1. The Balaban J connectivity index is 1.63. The standard InChI is InChI=1S/C21H21NO2/c1-16-10-12-17(13-11-16)14-22(2)21(23)15-24-20-9-5-7-18-6-3-4-8-19(18)20/h3-13H,14-15H2,1-2H3. The molecule has 0 unspecified atom stereocenters. The normalized spacial score (nSPS) is 10.6. The van der Waals surface area contributed by atoms with Crippen LogP contribution in [0.1, 0.15) is 11.1 Å². The Bertz CT molecular complexity index is 835. The Kier molecular flexibility index (Phi) is 4.80. The molecule has 0 fully saturated rings. The van der Waals surface area contributed by atoms with E-state index >= 15 is 0 Å². The highest BCUT2D eigenvalue weighted by Crippen LogP contribution is 2.25. The van der Waals surface area contributed by atoms with Crippen LogP contribution in [-0.2, 0) is 11.3 Å². The van der Waals surface area contributed by atoms with Gasteiger partial charge in [0.05, 0.1) is 0 Å². The van der Waals surface area contributed by atoms with Gasteiger partial charge in [-0.1, -0.05) is 66.2 Å². The van der Waals surface area contributed by atoms with Crippen molar-refractivity contribution in [2.45, 2.75) is 13.5 Å². The van der Waals surface area contributed by atoms with Crippen molar-refractivity contribution in [3.05, 3.63) is 77.9 Å². The van der Waals surface area contributed by atoms with E-state index in [1.165, 1.54) is 5.56 Å². The Morgan fingerprint density at radius 2 is 1.67 bits per heavy atom. The zero-order valence-corrected chi connectivity index (χ0v) is 14.0. The molecular weight excluding hydrogens is 298 g/mol. The van der Waals surface area contributed by atoms with E-state index in [0.29, 0.717) is 6.54 Å². The van der Waals surface area contributed by atoms with E-state index in [-0.39, 0.29) is 12.5 Å². The van der Waals surface area contributed by atoms with Crippen LogP contribution in [0.15, 0.2) is 66.7 Å². The van der Waals surface area contributed by atoms with E-state index in [0.717, 1.165) is 22.1 Å². The second-order valence-electron chi connectivity index (χ2n) is 6.00. The number of aryl methyl sites for hydroxylation is 1. The van der Waals surface area contributed by atoms with E-state index < -0.39 is 0 Å². The van der Waals surface area contributed by atoms with E-state index in [1.807, 2.05) is 54.6 Å². The molecule has 0 aliphatic heterocycles. The monoisotopic (exact) mass is 319 g/mol. The summed E-state index contributed by atoms with van der Waals surface area (Å²) in [7, 11) is 1.80. The van der Waals surface area contributed by atoms with Crippen LogP contribution < -0.4 is 4.74 Å². The van der Waals surface area contributed by atoms with Crippen molar-refractivity contribution in [3.8, 4) is 5.75 Å². The van der Waals surface area contributed by atoms with Crippen molar-refractivity contribution in [1.82, 2.24) is 4.90 Å². The van der Waals surface area contributed by atoms with Crippen LogP contribution in [0.2, 0.25) is 0 Å². The summed E-state index contributed by atoms with van der Waals surface area (Å²) >= 11 is 0. The third kappa shape index (κ3) is 3.74. The summed E-state index contributed by atoms with van der Waals surface area (Å²) in [4.78, 5) is 14.0. The first kappa shape index (κ1) is 16.1. The molecule has 0 aromatic heterocycles. The van der Waals surface area contributed by atoms with E-state index in [4.69, 9.17) is 4.74 Å². The minimum absolute atomic E-state index is 0.0381. The molecule has 3 rings (SSSR count). The molecule has 0 spiro atoms. The van der Waals surface area contributed by atoms with Gasteiger partial charge in [-0.05, 0) is 23.9 Å². The minimum atomic E-state index is -0.0384. The van der Waals surface area contributed by atoms with Gasteiger partial charge < -0.3 is 9.64 Å². The van der Waals surface area contributed by atoms with E-state index in [2.05, 4.69) is 19.1 Å². The lowest BCUT2D eigenvalue weighted by molar-refractivity contribution is -0.132. The van der Waals surface area contributed by atoms with Crippen molar-refractivity contribution < 1.29 is 9.53 Å². The lowest BCUT2D eigenvalue weighted by atomic mass is 10.1. The molecule has 0 aliphatic carbocycles. The van der Waals surface area contributed by atoms with Gasteiger partial charge in [-0.2, -0.15) is 0 Å². The highest BCUT2D eigenvalue weighted by atomic mass is 16.5. The van der Waals surface area contributed by atoms with Crippen LogP contribution in [0.5, 0.6) is 5.75 Å².